The fourth-order valence-corrected chi connectivity index (χ4v) is 2.03. The van der Waals surface area contributed by atoms with Crippen LogP contribution in [0.5, 0.6) is 17.2 Å². The van der Waals surface area contributed by atoms with Gasteiger partial charge in [-0.1, -0.05) is 18.2 Å². The van der Waals surface area contributed by atoms with E-state index in [-0.39, 0.29) is 23.4 Å². The van der Waals surface area contributed by atoms with Crippen molar-refractivity contribution in [3.8, 4) is 17.2 Å². The Morgan fingerprint density at radius 1 is 1.13 bits per heavy atom. The smallest absolute Gasteiger partial charge is 0.185 e. The number of phenolic OH excluding ortho intramolecular Hbond substituents is 1. The van der Waals surface area contributed by atoms with Crippen LogP contribution in [0.4, 0.5) is 0 Å². The van der Waals surface area contributed by atoms with E-state index in [1.165, 1.54) is 25.3 Å². The Hall–Kier alpha value is -2.75. The molecule has 0 aliphatic carbocycles. The van der Waals surface area contributed by atoms with Crippen molar-refractivity contribution in [1.29, 1.82) is 0 Å². The molecular formula is C19H20O4. The molecule has 4 heteroatoms. The first kappa shape index (κ1) is 16.6. The zero-order chi connectivity index (χ0) is 16.8. The van der Waals surface area contributed by atoms with Crippen LogP contribution in [-0.2, 0) is 0 Å². The van der Waals surface area contributed by atoms with E-state index in [0.29, 0.717) is 5.56 Å². The molecule has 0 atom stereocenters. The number of allylic oxidation sites excluding steroid dienone is 1. The number of carbonyl (C=O) groups is 1. The van der Waals surface area contributed by atoms with Crippen molar-refractivity contribution >= 4 is 11.9 Å². The fourth-order valence-electron chi connectivity index (χ4n) is 2.03. The van der Waals surface area contributed by atoms with E-state index in [1.807, 2.05) is 38.1 Å². The van der Waals surface area contributed by atoms with E-state index in [1.54, 1.807) is 12.1 Å². The van der Waals surface area contributed by atoms with Crippen LogP contribution in [0.15, 0.2) is 48.5 Å². The number of aromatic hydroxyl groups is 1. The number of ether oxygens (including phenoxy) is 2. The molecule has 0 spiro atoms. The summed E-state index contributed by atoms with van der Waals surface area (Å²) in [6.07, 6.45) is 3.35. The van der Waals surface area contributed by atoms with Crippen molar-refractivity contribution in [2.24, 2.45) is 0 Å². The number of hydrogen-bond acceptors (Lipinski definition) is 4. The molecule has 0 unspecified atom stereocenters. The molecule has 0 radical (unpaired) electrons. The second kappa shape index (κ2) is 7.49. The number of carbonyl (C=O) groups excluding carboxylic acids is 1. The Bertz CT molecular complexity index is 700. The highest BCUT2D eigenvalue weighted by atomic mass is 16.5. The largest absolute Gasteiger partial charge is 0.504 e. The van der Waals surface area contributed by atoms with Crippen LogP contribution in [0.25, 0.3) is 6.08 Å². The normalized spacial score (nSPS) is 11.0. The second-order valence-electron chi connectivity index (χ2n) is 5.32. The lowest BCUT2D eigenvalue weighted by molar-refractivity contribution is 0.104. The zero-order valence-corrected chi connectivity index (χ0v) is 13.4. The SMILES string of the molecule is COc1cc(C(=O)/C=C/c2ccc(OC(C)C)cc2)ccc1O. The summed E-state index contributed by atoms with van der Waals surface area (Å²) in [5, 5.41) is 9.55. The minimum absolute atomic E-state index is 0.00812. The van der Waals surface area contributed by atoms with Crippen LogP contribution in [0.1, 0.15) is 29.8 Å². The molecule has 23 heavy (non-hydrogen) atoms. The Kier molecular flexibility index (Phi) is 5.41. The summed E-state index contributed by atoms with van der Waals surface area (Å²) in [7, 11) is 1.44. The summed E-state index contributed by atoms with van der Waals surface area (Å²) >= 11 is 0. The number of ketones is 1. The summed E-state index contributed by atoms with van der Waals surface area (Å²) in [6, 6.07) is 12.0. The van der Waals surface area contributed by atoms with Gasteiger partial charge in [0.25, 0.3) is 0 Å². The molecule has 2 aromatic rings. The van der Waals surface area contributed by atoms with Crippen LogP contribution >= 0.6 is 0 Å². The lowest BCUT2D eigenvalue weighted by Gasteiger charge is -2.09. The summed E-state index contributed by atoms with van der Waals surface area (Å²) in [5.74, 6) is 0.922. The van der Waals surface area contributed by atoms with Gasteiger partial charge in [0.2, 0.25) is 0 Å². The monoisotopic (exact) mass is 312 g/mol. The average Bonchev–Trinajstić information content (AvgIpc) is 2.54. The van der Waals surface area contributed by atoms with Gasteiger partial charge in [0.1, 0.15) is 5.75 Å². The molecule has 0 aliphatic rings. The summed E-state index contributed by atoms with van der Waals surface area (Å²) in [5.41, 5.74) is 1.36. The third kappa shape index (κ3) is 4.61. The molecule has 0 heterocycles. The van der Waals surface area contributed by atoms with E-state index >= 15 is 0 Å². The lowest BCUT2D eigenvalue weighted by atomic mass is 10.1. The Balaban J connectivity index is 2.08. The van der Waals surface area contributed by atoms with E-state index in [0.717, 1.165) is 11.3 Å². The topological polar surface area (TPSA) is 55.8 Å². The maximum atomic E-state index is 12.2. The molecule has 0 fully saturated rings. The van der Waals surface area contributed by atoms with Gasteiger partial charge in [-0.25, -0.2) is 0 Å². The van der Waals surface area contributed by atoms with Gasteiger partial charge < -0.3 is 14.6 Å². The van der Waals surface area contributed by atoms with Gasteiger partial charge in [0, 0.05) is 5.56 Å². The molecule has 0 saturated heterocycles. The average molecular weight is 312 g/mol. The molecule has 0 aliphatic heterocycles. The molecule has 120 valence electrons. The summed E-state index contributed by atoms with van der Waals surface area (Å²) in [6.45, 7) is 3.94. The number of benzene rings is 2. The first-order chi connectivity index (χ1) is 11.0. The van der Waals surface area contributed by atoms with Crippen molar-refractivity contribution in [3.63, 3.8) is 0 Å². The van der Waals surface area contributed by atoms with Gasteiger partial charge >= 0.3 is 0 Å². The third-order valence-electron chi connectivity index (χ3n) is 3.14. The predicted molar refractivity (Wildman–Crippen MR) is 90.2 cm³/mol. The fraction of sp³-hybridized carbons (Fsp3) is 0.211. The van der Waals surface area contributed by atoms with Gasteiger partial charge in [0.05, 0.1) is 13.2 Å². The molecule has 4 nitrogen and oxygen atoms in total. The Labute approximate surface area is 136 Å². The van der Waals surface area contributed by atoms with Crippen molar-refractivity contribution < 1.29 is 19.4 Å². The lowest BCUT2D eigenvalue weighted by Crippen LogP contribution is -2.05. The van der Waals surface area contributed by atoms with Crippen molar-refractivity contribution in [2.45, 2.75) is 20.0 Å². The van der Waals surface area contributed by atoms with Gasteiger partial charge in [-0.05, 0) is 55.8 Å². The number of hydrogen-bond donors (Lipinski definition) is 1. The molecular weight excluding hydrogens is 292 g/mol. The summed E-state index contributed by atoms with van der Waals surface area (Å²) < 4.78 is 10.6. The highest BCUT2D eigenvalue weighted by Crippen LogP contribution is 2.26. The Morgan fingerprint density at radius 3 is 2.43 bits per heavy atom. The van der Waals surface area contributed by atoms with Crippen LogP contribution < -0.4 is 9.47 Å². The van der Waals surface area contributed by atoms with Crippen LogP contribution in [0, 0.1) is 0 Å². The highest BCUT2D eigenvalue weighted by Gasteiger charge is 2.07. The molecule has 2 rings (SSSR count). The van der Waals surface area contributed by atoms with Crippen molar-refractivity contribution in [1.82, 2.24) is 0 Å². The summed E-state index contributed by atoms with van der Waals surface area (Å²) in [4.78, 5) is 12.2. The third-order valence-corrected chi connectivity index (χ3v) is 3.14. The standard InChI is InChI=1S/C19H20O4/c1-13(2)23-16-8-4-14(5-9-16)6-10-17(20)15-7-11-18(21)19(12-15)22-3/h4-13,21H,1-3H3/b10-6+. The van der Waals surface area contributed by atoms with Crippen LogP contribution in [0.2, 0.25) is 0 Å². The van der Waals surface area contributed by atoms with E-state index < -0.39 is 0 Å². The predicted octanol–water partition coefficient (Wildman–Crippen LogP) is 4.08. The molecule has 0 saturated carbocycles. The zero-order valence-electron chi connectivity index (χ0n) is 13.4. The number of rotatable bonds is 6. The first-order valence-electron chi connectivity index (χ1n) is 7.35. The van der Waals surface area contributed by atoms with E-state index in [9.17, 15) is 9.90 Å². The van der Waals surface area contributed by atoms with Gasteiger partial charge in [-0.3, -0.25) is 4.79 Å². The highest BCUT2D eigenvalue weighted by molar-refractivity contribution is 6.07. The van der Waals surface area contributed by atoms with Gasteiger partial charge in [-0.15, -0.1) is 0 Å². The van der Waals surface area contributed by atoms with Crippen LogP contribution in [-0.4, -0.2) is 24.1 Å². The molecule has 2 aromatic carbocycles. The second-order valence-corrected chi connectivity index (χ2v) is 5.32. The minimum Gasteiger partial charge on any atom is -0.504 e. The molecule has 0 amide bonds. The minimum atomic E-state index is -0.161. The number of methoxy groups -OCH3 is 1. The maximum Gasteiger partial charge on any atom is 0.185 e. The van der Waals surface area contributed by atoms with Gasteiger partial charge in [-0.2, -0.15) is 0 Å². The molecule has 0 bridgehead atoms. The van der Waals surface area contributed by atoms with E-state index in [2.05, 4.69) is 0 Å². The quantitative estimate of drug-likeness (QED) is 0.645. The molecule has 0 aromatic heterocycles. The number of phenols is 1. The first-order valence-corrected chi connectivity index (χ1v) is 7.35. The van der Waals surface area contributed by atoms with Crippen LogP contribution in [0.3, 0.4) is 0 Å². The van der Waals surface area contributed by atoms with E-state index in [4.69, 9.17) is 9.47 Å². The Morgan fingerprint density at radius 2 is 1.83 bits per heavy atom. The van der Waals surface area contributed by atoms with Crippen molar-refractivity contribution in [3.05, 3.63) is 59.7 Å². The maximum absolute atomic E-state index is 12.2. The van der Waals surface area contributed by atoms with Gasteiger partial charge in [0.15, 0.2) is 17.3 Å². The van der Waals surface area contributed by atoms with Crippen molar-refractivity contribution in [2.75, 3.05) is 7.11 Å². The molecule has 1 N–H and O–H groups in total.